The molecule has 2 unspecified atom stereocenters. The number of amides is 1. The van der Waals surface area contributed by atoms with E-state index in [-0.39, 0.29) is 5.91 Å². The van der Waals surface area contributed by atoms with Gasteiger partial charge in [-0.05, 0) is 46.3 Å². The Morgan fingerprint density at radius 2 is 2.11 bits per heavy atom. The highest BCUT2D eigenvalue weighted by atomic mass is 79.9. The molecule has 0 aliphatic carbocycles. The Balaban J connectivity index is 1.85. The summed E-state index contributed by atoms with van der Waals surface area (Å²) in [7, 11) is 0. The van der Waals surface area contributed by atoms with E-state index in [0.29, 0.717) is 24.2 Å². The average molecular weight is 326 g/mol. The van der Waals surface area contributed by atoms with Crippen molar-refractivity contribution in [2.24, 2.45) is 11.8 Å². The lowest BCUT2D eigenvalue weighted by Crippen LogP contribution is -2.42. The highest BCUT2D eigenvalue weighted by Crippen LogP contribution is 2.20. The van der Waals surface area contributed by atoms with Crippen LogP contribution in [0.5, 0.6) is 0 Å². The molecule has 0 radical (unpaired) electrons. The molecule has 19 heavy (non-hydrogen) atoms. The van der Waals surface area contributed by atoms with Crippen molar-refractivity contribution in [1.82, 2.24) is 9.88 Å². The first-order valence-corrected chi connectivity index (χ1v) is 7.46. The van der Waals surface area contributed by atoms with Crippen LogP contribution in [0.3, 0.4) is 0 Å². The van der Waals surface area contributed by atoms with E-state index in [1.165, 1.54) is 6.42 Å². The third-order valence-electron chi connectivity index (χ3n) is 3.31. The summed E-state index contributed by atoms with van der Waals surface area (Å²) in [4.78, 5) is 18.3. The van der Waals surface area contributed by atoms with E-state index in [0.717, 1.165) is 17.6 Å². The number of hydrogen-bond acceptors (Lipinski definition) is 3. The smallest absolute Gasteiger partial charge is 0.239 e. The molecule has 1 aromatic heterocycles. The van der Waals surface area contributed by atoms with Crippen molar-refractivity contribution >= 4 is 27.7 Å². The number of nitrogens with zero attached hydrogens (tertiary/aromatic N) is 2. The van der Waals surface area contributed by atoms with Crippen LogP contribution in [0.4, 0.5) is 5.82 Å². The van der Waals surface area contributed by atoms with Crippen molar-refractivity contribution in [3.05, 3.63) is 22.8 Å². The topological polar surface area (TPSA) is 45.2 Å². The molecule has 2 atom stereocenters. The molecular formula is C14H20BrN3O. The van der Waals surface area contributed by atoms with Crippen LogP contribution >= 0.6 is 15.9 Å². The normalized spacial score (nSPS) is 24.2. The second kappa shape index (κ2) is 6.48. The molecule has 1 fully saturated rings. The first kappa shape index (κ1) is 14.5. The predicted molar refractivity (Wildman–Crippen MR) is 80.0 cm³/mol. The number of piperidine rings is 1. The number of halogens is 1. The summed E-state index contributed by atoms with van der Waals surface area (Å²) in [5.41, 5.74) is 0. The number of nitrogens with one attached hydrogen (secondary N) is 1. The Kier molecular flexibility index (Phi) is 4.93. The summed E-state index contributed by atoms with van der Waals surface area (Å²) in [5.74, 6) is 1.95. The van der Waals surface area contributed by atoms with E-state index in [1.54, 1.807) is 12.3 Å². The Hall–Kier alpha value is -0.940. The van der Waals surface area contributed by atoms with Gasteiger partial charge in [0.25, 0.3) is 0 Å². The molecule has 2 heterocycles. The third-order valence-corrected chi connectivity index (χ3v) is 3.78. The molecule has 104 valence electrons. The molecule has 2 rings (SSSR count). The number of carbonyl (C=O) groups is 1. The van der Waals surface area contributed by atoms with E-state index >= 15 is 0 Å². The molecule has 1 aliphatic rings. The summed E-state index contributed by atoms with van der Waals surface area (Å²) < 4.78 is 0.907. The molecule has 0 bridgehead atoms. The number of likely N-dealkylation sites (tertiary alicyclic amines) is 1. The van der Waals surface area contributed by atoms with Gasteiger partial charge in [-0.25, -0.2) is 4.98 Å². The van der Waals surface area contributed by atoms with Crippen LogP contribution in [0.15, 0.2) is 22.8 Å². The zero-order chi connectivity index (χ0) is 13.8. The fourth-order valence-electron chi connectivity index (χ4n) is 2.76. The van der Waals surface area contributed by atoms with Crippen LogP contribution in [0.1, 0.15) is 20.3 Å². The van der Waals surface area contributed by atoms with Crippen LogP contribution in [0, 0.1) is 11.8 Å². The maximum atomic E-state index is 12.0. The van der Waals surface area contributed by atoms with Crippen molar-refractivity contribution in [1.29, 1.82) is 0 Å². The van der Waals surface area contributed by atoms with Gasteiger partial charge in [-0.1, -0.05) is 13.8 Å². The number of rotatable bonds is 3. The van der Waals surface area contributed by atoms with Gasteiger partial charge in [0.2, 0.25) is 5.91 Å². The van der Waals surface area contributed by atoms with E-state index < -0.39 is 0 Å². The molecule has 1 saturated heterocycles. The van der Waals surface area contributed by atoms with Gasteiger partial charge in [-0.15, -0.1) is 0 Å². The number of carbonyl (C=O) groups excluding carboxylic acids is 1. The van der Waals surface area contributed by atoms with Crippen molar-refractivity contribution < 1.29 is 4.79 Å². The third kappa shape index (κ3) is 4.58. The van der Waals surface area contributed by atoms with Crippen LogP contribution in [0.2, 0.25) is 0 Å². The lowest BCUT2D eigenvalue weighted by Gasteiger charge is -2.34. The summed E-state index contributed by atoms with van der Waals surface area (Å²) in [6, 6.07) is 3.66. The minimum absolute atomic E-state index is 0.0103. The lowest BCUT2D eigenvalue weighted by atomic mass is 9.92. The van der Waals surface area contributed by atoms with Gasteiger partial charge in [0, 0.05) is 23.8 Å². The number of anilines is 1. The van der Waals surface area contributed by atoms with Crippen molar-refractivity contribution in [3.8, 4) is 0 Å². The van der Waals surface area contributed by atoms with Gasteiger partial charge in [0.1, 0.15) is 5.82 Å². The summed E-state index contributed by atoms with van der Waals surface area (Å²) >= 11 is 3.32. The van der Waals surface area contributed by atoms with Gasteiger partial charge in [-0.3, -0.25) is 9.69 Å². The van der Waals surface area contributed by atoms with Crippen molar-refractivity contribution in [2.45, 2.75) is 20.3 Å². The molecule has 0 spiro atoms. The standard InChI is InChI=1S/C14H20BrN3O/c1-10-5-11(2)8-18(7-10)9-14(19)17-13-4-3-12(15)6-16-13/h3-4,6,10-11H,5,7-9H2,1-2H3,(H,16,17,19). The largest absolute Gasteiger partial charge is 0.310 e. The Bertz CT molecular complexity index is 425. The number of pyridine rings is 1. The van der Waals surface area contributed by atoms with E-state index in [1.807, 2.05) is 6.07 Å². The second-order valence-electron chi connectivity index (χ2n) is 5.55. The number of aromatic nitrogens is 1. The monoisotopic (exact) mass is 325 g/mol. The first-order chi connectivity index (χ1) is 9.02. The highest BCUT2D eigenvalue weighted by molar-refractivity contribution is 9.10. The molecule has 1 aliphatic heterocycles. The van der Waals surface area contributed by atoms with Gasteiger partial charge in [0.05, 0.1) is 6.54 Å². The maximum absolute atomic E-state index is 12.0. The fraction of sp³-hybridized carbons (Fsp3) is 0.571. The second-order valence-corrected chi connectivity index (χ2v) is 6.47. The molecule has 5 heteroatoms. The van der Waals surface area contributed by atoms with E-state index in [2.05, 4.69) is 45.0 Å². The zero-order valence-electron chi connectivity index (χ0n) is 11.4. The van der Waals surface area contributed by atoms with Crippen LogP contribution in [-0.4, -0.2) is 35.4 Å². The minimum atomic E-state index is 0.0103. The Morgan fingerprint density at radius 1 is 1.42 bits per heavy atom. The van der Waals surface area contributed by atoms with Gasteiger partial charge < -0.3 is 5.32 Å². The quantitative estimate of drug-likeness (QED) is 0.929. The highest BCUT2D eigenvalue weighted by Gasteiger charge is 2.23. The van der Waals surface area contributed by atoms with Crippen LogP contribution in [0.25, 0.3) is 0 Å². The molecule has 0 aromatic carbocycles. The molecule has 0 saturated carbocycles. The summed E-state index contributed by atoms with van der Waals surface area (Å²) in [6.07, 6.45) is 2.94. The number of hydrogen-bond donors (Lipinski definition) is 1. The van der Waals surface area contributed by atoms with Crippen LogP contribution in [-0.2, 0) is 4.79 Å². The van der Waals surface area contributed by atoms with Gasteiger partial charge >= 0.3 is 0 Å². The minimum Gasteiger partial charge on any atom is -0.310 e. The SMILES string of the molecule is CC1CC(C)CN(CC(=O)Nc2ccc(Br)cn2)C1. The van der Waals surface area contributed by atoms with E-state index in [9.17, 15) is 4.79 Å². The average Bonchev–Trinajstić information content (AvgIpc) is 2.30. The Morgan fingerprint density at radius 3 is 2.68 bits per heavy atom. The Labute approximate surface area is 122 Å². The molecule has 1 N–H and O–H groups in total. The zero-order valence-corrected chi connectivity index (χ0v) is 13.0. The van der Waals surface area contributed by atoms with E-state index in [4.69, 9.17) is 0 Å². The predicted octanol–water partition coefficient (Wildman–Crippen LogP) is 2.76. The summed E-state index contributed by atoms with van der Waals surface area (Å²) in [6.45, 7) is 6.96. The van der Waals surface area contributed by atoms with Crippen molar-refractivity contribution in [3.63, 3.8) is 0 Å². The maximum Gasteiger partial charge on any atom is 0.239 e. The molecule has 1 amide bonds. The molecule has 4 nitrogen and oxygen atoms in total. The van der Waals surface area contributed by atoms with Crippen molar-refractivity contribution in [2.75, 3.05) is 25.0 Å². The molecular weight excluding hydrogens is 306 g/mol. The lowest BCUT2D eigenvalue weighted by molar-refractivity contribution is -0.117. The van der Waals surface area contributed by atoms with Gasteiger partial charge in [-0.2, -0.15) is 0 Å². The molecule has 1 aromatic rings. The summed E-state index contributed by atoms with van der Waals surface area (Å²) in [5, 5.41) is 2.83. The first-order valence-electron chi connectivity index (χ1n) is 6.66. The van der Waals surface area contributed by atoms with Crippen LogP contribution < -0.4 is 5.32 Å². The fourth-order valence-corrected chi connectivity index (χ4v) is 2.99. The van der Waals surface area contributed by atoms with Gasteiger partial charge in [0.15, 0.2) is 0 Å².